The van der Waals surface area contributed by atoms with Crippen LogP contribution in [0.2, 0.25) is 0 Å². The van der Waals surface area contributed by atoms with E-state index in [2.05, 4.69) is 20.3 Å². The predicted octanol–water partition coefficient (Wildman–Crippen LogP) is 3.09. The van der Waals surface area contributed by atoms with Crippen molar-refractivity contribution in [2.24, 2.45) is 0 Å². The number of halogens is 1. The van der Waals surface area contributed by atoms with Crippen LogP contribution in [0.5, 0.6) is 0 Å². The van der Waals surface area contributed by atoms with Crippen molar-refractivity contribution in [2.75, 3.05) is 23.7 Å². The van der Waals surface area contributed by atoms with Crippen LogP contribution >= 0.6 is 0 Å². The van der Waals surface area contributed by atoms with E-state index in [4.69, 9.17) is 5.73 Å². The summed E-state index contributed by atoms with van der Waals surface area (Å²) in [5.41, 5.74) is 8.81. The lowest BCUT2D eigenvalue weighted by molar-refractivity contribution is 0.0772. The van der Waals surface area contributed by atoms with Gasteiger partial charge < -0.3 is 25.5 Å². The summed E-state index contributed by atoms with van der Waals surface area (Å²) in [4.78, 5) is 28.4. The third kappa shape index (κ3) is 4.58. The van der Waals surface area contributed by atoms with Crippen molar-refractivity contribution in [3.8, 4) is 0 Å². The number of benzene rings is 1. The number of pyridine rings is 1. The molecule has 0 atom stereocenters. The Morgan fingerprint density at radius 3 is 2.76 bits per heavy atom. The van der Waals surface area contributed by atoms with Gasteiger partial charge >= 0.3 is 0 Å². The summed E-state index contributed by atoms with van der Waals surface area (Å²) in [6.07, 6.45) is 5.20. The molecule has 0 aliphatic carbocycles. The van der Waals surface area contributed by atoms with Gasteiger partial charge in [0.05, 0.1) is 45.8 Å². The van der Waals surface area contributed by atoms with Crippen molar-refractivity contribution < 1.29 is 14.3 Å². The number of nitrogens with two attached hydrogens (primary N) is 1. The summed E-state index contributed by atoms with van der Waals surface area (Å²) in [5, 5.41) is 13.9. The molecule has 4 N–H and O–H groups in total. The maximum atomic E-state index is 15.4. The number of nitrogen functional groups attached to an aromatic ring is 1. The van der Waals surface area contributed by atoms with Gasteiger partial charge in [-0.1, -0.05) is 6.92 Å². The van der Waals surface area contributed by atoms with Gasteiger partial charge in [-0.2, -0.15) is 0 Å². The lowest BCUT2D eigenvalue weighted by atomic mass is 10.1. The monoisotopic (exact) mass is 504 g/mol. The predicted molar refractivity (Wildman–Crippen MR) is 140 cm³/mol. The summed E-state index contributed by atoms with van der Waals surface area (Å²) in [7, 11) is 0. The van der Waals surface area contributed by atoms with Crippen LogP contribution < -0.4 is 16.0 Å². The summed E-state index contributed by atoms with van der Waals surface area (Å²) < 4.78 is 18.9. The van der Waals surface area contributed by atoms with E-state index in [1.165, 1.54) is 17.0 Å². The van der Waals surface area contributed by atoms with Gasteiger partial charge in [0.15, 0.2) is 0 Å². The lowest BCUT2D eigenvalue weighted by Crippen LogP contribution is -2.42. The molecule has 10 nitrogen and oxygen atoms in total. The Morgan fingerprint density at radius 2 is 2.03 bits per heavy atom. The number of hydrogen-bond acceptors (Lipinski definition) is 7. The number of carbonyl (C=O) groups excluding carboxylic acids is 1. The molecule has 5 rings (SSSR count). The Labute approximate surface area is 212 Å². The van der Waals surface area contributed by atoms with Crippen LogP contribution in [0, 0.1) is 12.7 Å². The minimum Gasteiger partial charge on any atom is -0.389 e. The van der Waals surface area contributed by atoms with E-state index in [0.29, 0.717) is 40.1 Å². The van der Waals surface area contributed by atoms with Crippen LogP contribution in [0.1, 0.15) is 42.5 Å². The summed E-state index contributed by atoms with van der Waals surface area (Å²) in [5.74, 6) is -1.11. The first-order valence-corrected chi connectivity index (χ1v) is 12.0. The number of imidazole rings is 2. The molecule has 1 aromatic carbocycles. The van der Waals surface area contributed by atoms with E-state index in [-0.39, 0.29) is 17.9 Å². The zero-order valence-corrected chi connectivity index (χ0v) is 21.2. The quantitative estimate of drug-likeness (QED) is 0.311. The molecule has 0 bridgehead atoms. The first-order valence-electron chi connectivity index (χ1n) is 12.0. The van der Waals surface area contributed by atoms with Crippen LogP contribution in [-0.4, -0.2) is 53.5 Å². The van der Waals surface area contributed by atoms with Crippen LogP contribution in [0.4, 0.5) is 15.9 Å². The second-order valence-corrected chi connectivity index (χ2v) is 9.74. The average molecular weight is 505 g/mol. The molecule has 0 radical (unpaired) electrons. The number of fused-ring (bicyclic) bond motifs is 4. The van der Waals surface area contributed by atoms with E-state index in [0.717, 1.165) is 12.2 Å². The molecular weight excluding hydrogens is 475 g/mol. The number of amides is 1. The number of hydrogen-bond donors (Lipinski definition) is 3. The Hall–Kier alpha value is -4.09. The third-order valence-corrected chi connectivity index (χ3v) is 6.13. The van der Waals surface area contributed by atoms with E-state index < -0.39 is 17.3 Å². The highest BCUT2D eigenvalue weighted by atomic mass is 19.1. The molecule has 37 heavy (non-hydrogen) atoms. The van der Waals surface area contributed by atoms with E-state index in [9.17, 15) is 9.90 Å². The summed E-state index contributed by atoms with van der Waals surface area (Å²) in [6, 6.07) is 6.18. The Balaban J connectivity index is 1.62. The molecule has 5 aromatic rings. The van der Waals surface area contributed by atoms with Crippen LogP contribution in [0.3, 0.4) is 0 Å². The molecule has 0 fully saturated rings. The Bertz CT molecular complexity index is 1650. The number of anilines is 2. The van der Waals surface area contributed by atoms with E-state index >= 15 is 4.39 Å². The Morgan fingerprint density at radius 1 is 1.24 bits per heavy atom. The van der Waals surface area contributed by atoms with Crippen LogP contribution in [0.25, 0.3) is 22.2 Å². The molecule has 4 heterocycles. The third-order valence-electron chi connectivity index (χ3n) is 6.13. The highest BCUT2D eigenvalue weighted by Gasteiger charge is 2.28. The van der Waals surface area contributed by atoms with Crippen molar-refractivity contribution in [3.05, 3.63) is 65.8 Å². The number of carbonyl (C=O) groups is 1. The minimum absolute atomic E-state index is 0.0622. The fourth-order valence-electron chi connectivity index (χ4n) is 4.45. The van der Waals surface area contributed by atoms with Crippen molar-refractivity contribution in [1.29, 1.82) is 0 Å². The number of nitrogens with one attached hydrogen (secondary N) is 1. The molecule has 0 unspecified atom stereocenters. The molecular formula is C26H29FN8O2. The van der Waals surface area contributed by atoms with Gasteiger partial charge in [0.1, 0.15) is 29.1 Å². The van der Waals surface area contributed by atoms with E-state index in [1.54, 1.807) is 49.8 Å². The lowest BCUT2D eigenvalue weighted by Gasteiger charge is -2.29. The molecule has 0 saturated heterocycles. The maximum Gasteiger partial charge on any atom is 0.261 e. The standard InChI is InChI=1S/C26H29FN8O2/c1-5-29-10-16-11-33-12-17(6-7-22(33)31-16)34(13-26(3,4)37)25(36)18-8-21-20(9-19(18)27)32-24(28)23-15(2)30-14-35(21)23/h6-9,11-12,14,29,37H,5,10,13H2,1-4H3,(H2,28,32). The van der Waals surface area contributed by atoms with Gasteiger partial charge in [-0.3, -0.25) is 9.20 Å². The van der Waals surface area contributed by atoms with Gasteiger partial charge in [0.25, 0.3) is 5.91 Å². The number of aromatic nitrogens is 5. The minimum atomic E-state index is -1.24. The molecule has 0 saturated carbocycles. The highest BCUT2D eigenvalue weighted by molar-refractivity contribution is 6.08. The second kappa shape index (κ2) is 9.09. The average Bonchev–Trinajstić information content (AvgIpc) is 3.43. The fraction of sp³-hybridized carbons (Fsp3) is 0.308. The zero-order chi connectivity index (χ0) is 26.5. The van der Waals surface area contributed by atoms with E-state index in [1.807, 2.05) is 17.5 Å². The van der Waals surface area contributed by atoms with Gasteiger partial charge in [0.2, 0.25) is 0 Å². The summed E-state index contributed by atoms with van der Waals surface area (Å²) >= 11 is 0. The Kier molecular flexibility index (Phi) is 6.04. The van der Waals surface area contributed by atoms with Gasteiger partial charge in [-0.15, -0.1) is 0 Å². The van der Waals surface area contributed by atoms with Gasteiger partial charge in [-0.25, -0.2) is 19.3 Å². The first kappa shape index (κ1) is 24.6. The number of rotatable bonds is 7. The highest BCUT2D eigenvalue weighted by Crippen LogP contribution is 2.27. The molecule has 0 spiro atoms. The first-order chi connectivity index (χ1) is 17.6. The smallest absolute Gasteiger partial charge is 0.261 e. The summed E-state index contributed by atoms with van der Waals surface area (Å²) in [6.45, 7) is 8.38. The number of nitrogens with zero attached hydrogens (tertiary/aromatic N) is 6. The van der Waals surface area contributed by atoms with Crippen molar-refractivity contribution >= 4 is 39.6 Å². The van der Waals surface area contributed by atoms with Crippen molar-refractivity contribution in [1.82, 2.24) is 29.1 Å². The van der Waals surface area contributed by atoms with Crippen LogP contribution in [-0.2, 0) is 6.54 Å². The zero-order valence-electron chi connectivity index (χ0n) is 21.2. The van der Waals surface area contributed by atoms with Crippen molar-refractivity contribution in [2.45, 2.75) is 39.8 Å². The molecule has 192 valence electrons. The number of aryl methyl sites for hydroxylation is 1. The van der Waals surface area contributed by atoms with Gasteiger partial charge in [0, 0.05) is 25.0 Å². The second-order valence-electron chi connectivity index (χ2n) is 9.74. The maximum absolute atomic E-state index is 15.4. The largest absolute Gasteiger partial charge is 0.389 e. The topological polar surface area (TPSA) is 126 Å². The fourth-order valence-corrected chi connectivity index (χ4v) is 4.45. The van der Waals surface area contributed by atoms with Crippen molar-refractivity contribution in [3.63, 3.8) is 0 Å². The van der Waals surface area contributed by atoms with Gasteiger partial charge in [-0.05, 0) is 45.5 Å². The molecule has 1 amide bonds. The molecule has 0 aliphatic heterocycles. The number of aliphatic hydroxyl groups is 1. The molecule has 0 aliphatic rings. The van der Waals surface area contributed by atoms with Crippen LogP contribution in [0.15, 0.2) is 43.0 Å². The molecule has 4 aromatic heterocycles. The molecule has 11 heteroatoms. The normalized spacial score (nSPS) is 12.2. The SMILES string of the molecule is CCNCc1cn2cc(N(CC(C)(C)O)C(=O)c3cc4c(cc3F)nc(N)c3c(C)ncn34)ccc2n1.